The number of hydrogen-bond donors (Lipinski definition) is 0. The highest BCUT2D eigenvalue weighted by molar-refractivity contribution is 9.16. The monoisotopic (exact) mass is 508 g/mol. The number of methoxy groups -OCH3 is 2. The summed E-state index contributed by atoms with van der Waals surface area (Å²) in [6, 6.07) is 0. The molecule has 1 saturated carbocycles. The molecule has 0 amide bonds. The SMILES string of the molecule is COC1(OC)[C@@]2(Br)C(Br)=C(Br)[C@]1(Br)[C@@H]1COC[C@@H]12. The maximum absolute atomic E-state index is 5.84. The summed E-state index contributed by atoms with van der Waals surface area (Å²) in [7, 11) is 3.37. The summed E-state index contributed by atoms with van der Waals surface area (Å²) in [6.07, 6.45) is 0. The van der Waals surface area contributed by atoms with E-state index >= 15 is 0 Å². The van der Waals surface area contributed by atoms with Crippen LogP contribution in [0, 0.1) is 11.8 Å². The van der Waals surface area contributed by atoms with Crippen molar-refractivity contribution >= 4 is 63.7 Å². The molecule has 0 unspecified atom stereocenters. The Balaban J connectivity index is 2.29. The third-order valence-corrected chi connectivity index (χ3v) is 11.1. The molecule has 0 spiro atoms. The van der Waals surface area contributed by atoms with Crippen LogP contribution < -0.4 is 0 Å². The third kappa shape index (κ3) is 1.19. The largest absolute Gasteiger partial charge is 0.381 e. The van der Waals surface area contributed by atoms with Gasteiger partial charge in [0, 0.05) is 35.0 Å². The number of alkyl halides is 2. The van der Waals surface area contributed by atoms with Gasteiger partial charge in [0.1, 0.15) is 8.65 Å². The van der Waals surface area contributed by atoms with E-state index in [1.807, 2.05) is 0 Å². The molecule has 0 N–H and O–H groups in total. The van der Waals surface area contributed by atoms with Gasteiger partial charge in [-0.05, 0) is 0 Å². The van der Waals surface area contributed by atoms with Gasteiger partial charge in [-0.1, -0.05) is 63.7 Å². The molecule has 3 aliphatic rings. The number of fused-ring (bicyclic) bond motifs is 5. The van der Waals surface area contributed by atoms with E-state index in [9.17, 15) is 0 Å². The molecule has 3 rings (SSSR count). The van der Waals surface area contributed by atoms with E-state index in [1.165, 1.54) is 0 Å². The van der Waals surface area contributed by atoms with Gasteiger partial charge in [0.25, 0.3) is 0 Å². The van der Waals surface area contributed by atoms with E-state index in [0.717, 1.165) is 8.96 Å². The summed E-state index contributed by atoms with van der Waals surface area (Å²) < 4.78 is 18.5. The van der Waals surface area contributed by atoms with Crippen LogP contribution in [0.5, 0.6) is 0 Å². The first-order valence-corrected chi connectivity index (χ1v) is 8.71. The van der Waals surface area contributed by atoms with Crippen molar-refractivity contribution in [3.05, 3.63) is 8.96 Å². The lowest BCUT2D eigenvalue weighted by atomic mass is 9.86. The van der Waals surface area contributed by atoms with Crippen LogP contribution in [0.25, 0.3) is 0 Å². The highest BCUT2D eigenvalue weighted by Gasteiger charge is 2.84. The summed E-state index contributed by atoms with van der Waals surface area (Å²) in [5.74, 6) is -0.198. The van der Waals surface area contributed by atoms with Gasteiger partial charge in [-0.3, -0.25) is 0 Å². The molecule has 7 heteroatoms. The average Bonchev–Trinajstić information content (AvgIpc) is 2.94. The normalized spacial score (nSPS) is 49.0. The molecule has 1 heterocycles. The Bertz CT molecular complexity index is 402. The molecule has 4 atom stereocenters. The molecule has 0 radical (unpaired) electrons. The van der Waals surface area contributed by atoms with Crippen LogP contribution >= 0.6 is 63.7 Å². The van der Waals surface area contributed by atoms with Crippen molar-refractivity contribution in [1.29, 1.82) is 0 Å². The summed E-state index contributed by atoms with van der Waals surface area (Å²) in [6.45, 7) is 1.40. The van der Waals surface area contributed by atoms with Gasteiger partial charge in [-0.25, -0.2) is 0 Å². The fourth-order valence-electron chi connectivity index (χ4n) is 3.70. The van der Waals surface area contributed by atoms with Gasteiger partial charge in [-0.15, -0.1) is 0 Å². The minimum Gasteiger partial charge on any atom is -0.381 e. The Morgan fingerprint density at radius 1 is 1.00 bits per heavy atom. The zero-order chi connectivity index (χ0) is 13.3. The molecular weight excluding hydrogens is 500 g/mol. The Hall–Kier alpha value is 1.54. The second-order valence-corrected chi connectivity index (χ2v) is 8.91. The van der Waals surface area contributed by atoms with Crippen LogP contribution in [0.2, 0.25) is 0 Å². The van der Waals surface area contributed by atoms with E-state index < -0.39 is 14.4 Å². The van der Waals surface area contributed by atoms with Crippen LogP contribution in [-0.2, 0) is 14.2 Å². The summed E-state index contributed by atoms with van der Waals surface area (Å²) in [5, 5.41) is 0. The summed E-state index contributed by atoms with van der Waals surface area (Å²) in [5.41, 5.74) is 0. The van der Waals surface area contributed by atoms with Crippen molar-refractivity contribution in [2.75, 3.05) is 27.4 Å². The van der Waals surface area contributed by atoms with E-state index in [0.29, 0.717) is 25.0 Å². The van der Waals surface area contributed by atoms with Crippen LogP contribution in [0.15, 0.2) is 8.96 Å². The van der Waals surface area contributed by atoms with E-state index in [4.69, 9.17) is 14.2 Å². The Morgan fingerprint density at radius 3 is 1.72 bits per heavy atom. The summed E-state index contributed by atoms with van der Waals surface area (Å²) in [4.78, 5) is 0. The van der Waals surface area contributed by atoms with Crippen molar-refractivity contribution in [1.82, 2.24) is 0 Å². The van der Waals surface area contributed by atoms with Crippen molar-refractivity contribution in [3.63, 3.8) is 0 Å². The molecule has 0 aromatic rings. The van der Waals surface area contributed by atoms with E-state index in [2.05, 4.69) is 63.7 Å². The van der Waals surface area contributed by atoms with Gasteiger partial charge in [-0.2, -0.15) is 0 Å². The number of ether oxygens (including phenoxy) is 3. The maximum Gasteiger partial charge on any atom is 0.209 e. The average molecular weight is 512 g/mol. The molecule has 3 nitrogen and oxygen atoms in total. The number of rotatable bonds is 2. The highest BCUT2D eigenvalue weighted by Crippen LogP contribution is 2.76. The quantitative estimate of drug-likeness (QED) is 0.419. The van der Waals surface area contributed by atoms with E-state index in [1.54, 1.807) is 14.2 Å². The third-order valence-electron chi connectivity index (χ3n) is 4.47. The predicted molar refractivity (Wildman–Crippen MR) is 82.7 cm³/mol. The Morgan fingerprint density at radius 2 is 1.39 bits per heavy atom. The molecule has 2 bridgehead atoms. The van der Waals surface area contributed by atoms with Crippen molar-refractivity contribution in [2.24, 2.45) is 11.8 Å². The molecule has 1 aliphatic heterocycles. The van der Waals surface area contributed by atoms with E-state index in [-0.39, 0.29) is 0 Å². The first kappa shape index (κ1) is 14.5. The summed E-state index contributed by atoms with van der Waals surface area (Å²) >= 11 is 15.1. The van der Waals surface area contributed by atoms with Crippen molar-refractivity contribution in [2.45, 2.75) is 14.4 Å². The lowest BCUT2D eigenvalue weighted by Crippen LogP contribution is -2.57. The molecule has 0 aromatic carbocycles. The first-order valence-electron chi connectivity index (χ1n) is 5.54. The standard InChI is InChI=1S/C11H12Br4O3/c1-16-11(17-2)9(14)5-3-18-4-6(5)10(11,15)8(13)7(9)12/h5-6H,3-4H2,1-2H3/t5-,6+,9-,10+. The van der Waals surface area contributed by atoms with Crippen LogP contribution in [0.3, 0.4) is 0 Å². The molecule has 18 heavy (non-hydrogen) atoms. The second kappa shape index (κ2) is 4.27. The van der Waals surface area contributed by atoms with Gasteiger partial charge >= 0.3 is 0 Å². The molecule has 2 aliphatic carbocycles. The zero-order valence-electron chi connectivity index (χ0n) is 9.81. The molecule has 0 aromatic heterocycles. The minimum atomic E-state index is -0.795. The molecule has 1 saturated heterocycles. The second-order valence-electron chi connectivity index (χ2n) is 4.83. The first-order chi connectivity index (χ1) is 8.41. The highest BCUT2D eigenvalue weighted by atomic mass is 79.9. The number of halogens is 4. The Labute approximate surface area is 139 Å². The lowest BCUT2D eigenvalue weighted by molar-refractivity contribution is -0.217. The molecule has 2 fully saturated rings. The smallest absolute Gasteiger partial charge is 0.209 e. The van der Waals surface area contributed by atoms with Crippen LogP contribution in [0.1, 0.15) is 0 Å². The fraction of sp³-hybridized carbons (Fsp3) is 0.818. The predicted octanol–water partition coefficient (Wildman–Crippen LogP) is 3.53. The molecule has 102 valence electrons. The van der Waals surface area contributed by atoms with Gasteiger partial charge in [0.2, 0.25) is 5.79 Å². The van der Waals surface area contributed by atoms with Gasteiger partial charge in [0.05, 0.1) is 13.2 Å². The minimum absolute atomic E-state index is 0.299. The van der Waals surface area contributed by atoms with Crippen LogP contribution in [0.4, 0.5) is 0 Å². The maximum atomic E-state index is 5.84. The van der Waals surface area contributed by atoms with Gasteiger partial charge in [0.15, 0.2) is 0 Å². The Kier molecular flexibility index (Phi) is 3.44. The number of hydrogen-bond acceptors (Lipinski definition) is 3. The van der Waals surface area contributed by atoms with Crippen molar-refractivity contribution < 1.29 is 14.2 Å². The lowest BCUT2D eigenvalue weighted by Gasteiger charge is -2.42. The van der Waals surface area contributed by atoms with Crippen LogP contribution in [-0.4, -0.2) is 41.9 Å². The molecular formula is C11H12Br4O3. The fourth-order valence-corrected chi connectivity index (χ4v) is 8.81. The van der Waals surface area contributed by atoms with Gasteiger partial charge < -0.3 is 14.2 Å². The zero-order valence-corrected chi connectivity index (χ0v) is 16.1. The topological polar surface area (TPSA) is 27.7 Å². The van der Waals surface area contributed by atoms with Crippen molar-refractivity contribution in [3.8, 4) is 0 Å².